The van der Waals surface area contributed by atoms with E-state index in [1.54, 1.807) is 0 Å². The predicted octanol–water partition coefficient (Wildman–Crippen LogP) is 2.30. The fourth-order valence-corrected chi connectivity index (χ4v) is 3.23. The van der Waals surface area contributed by atoms with E-state index in [1.807, 2.05) is 4.90 Å². The van der Waals surface area contributed by atoms with Crippen molar-refractivity contribution in [2.24, 2.45) is 17.8 Å². The first-order chi connectivity index (χ1) is 9.02. The first kappa shape index (κ1) is 14.1. The molecule has 1 aliphatic carbocycles. The Morgan fingerprint density at radius 1 is 1.37 bits per heavy atom. The summed E-state index contributed by atoms with van der Waals surface area (Å²) in [6, 6.07) is 0. The molecule has 0 aromatic carbocycles. The van der Waals surface area contributed by atoms with Gasteiger partial charge in [0, 0.05) is 13.1 Å². The lowest BCUT2D eigenvalue weighted by molar-refractivity contribution is -0.149. The first-order valence-electron chi connectivity index (χ1n) is 7.20. The molecule has 1 amide bonds. The Morgan fingerprint density at radius 2 is 2.05 bits per heavy atom. The zero-order chi connectivity index (χ0) is 14.0. The minimum atomic E-state index is -0.807. The molecule has 1 unspecified atom stereocenters. The van der Waals surface area contributed by atoms with Gasteiger partial charge in [-0.2, -0.15) is 0 Å². The molecule has 2 aliphatic rings. The van der Waals surface area contributed by atoms with E-state index in [0.717, 1.165) is 25.8 Å². The molecule has 1 aliphatic heterocycles. The molecule has 1 heterocycles. The van der Waals surface area contributed by atoms with E-state index in [-0.39, 0.29) is 11.8 Å². The summed E-state index contributed by atoms with van der Waals surface area (Å²) in [5.41, 5.74) is 1.32. The normalized spacial score (nSPS) is 31.2. The second-order valence-corrected chi connectivity index (χ2v) is 5.88. The van der Waals surface area contributed by atoms with Crippen molar-refractivity contribution in [3.05, 3.63) is 11.6 Å². The number of carboxylic acid groups (broad SMARTS) is 1. The van der Waals surface area contributed by atoms with Crippen LogP contribution in [0.1, 0.15) is 39.5 Å². The highest BCUT2D eigenvalue weighted by molar-refractivity contribution is 5.85. The lowest BCUT2D eigenvalue weighted by Gasteiger charge is -2.29. The summed E-state index contributed by atoms with van der Waals surface area (Å²) in [4.78, 5) is 25.7. The fraction of sp³-hybridized carbons (Fsp3) is 0.733. The number of hydrogen-bond donors (Lipinski definition) is 1. The zero-order valence-electron chi connectivity index (χ0n) is 11.8. The van der Waals surface area contributed by atoms with Gasteiger partial charge < -0.3 is 10.0 Å². The average Bonchev–Trinajstić information content (AvgIpc) is 2.83. The minimum absolute atomic E-state index is 0.0482. The third-order valence-corrected chi connectivity index (χ3v) is 4.62. The average molecular weight is 265 g/mol. The topological polar surface area (TPSA) is 57.6 Å². The van der Waals surface area contributed by atoms with Crippen molar-refractivity contribution < 1.29 is 14.7 Å². The van der Waals surface area contributed by atoms with E-state index in [2.05, 4.69) is 19.9 Å². The Bertz CT molecular complexity index is 402. The number of carbonyl (C=O) groups is 2. The van der Waals surface area contributed by atoms with Crippen LogP contribution in [0, 0.1) is 17.8 Å². The molecule has 4 heteroatoms. The largest absolute Gasteiger partial charge is 0.481 e. The maximum absolute atomic E-state index is 12.5. The Hall–Kier alpha value is -1.32. The van der Waals surface area contributed by atoms with Crippen LogP contribution in [0.4, 0.5) is 0 Å². The third kappa shape index (κ3) is 2.99. The van der Waals surface area contributed by atoms with Crippen molar-refractivity contribution in [1.29, 1.82) is 0 Å². The quantitative estimate of drug-likeness (QED) is 0.797. The van der Waals surface area contributed by atoms with Crippen LogP contribution in [0.2, 0.25) is 0 Å². The number of carbonyl (C=O) groups excluding carboxylic acids is 1. The maximum Gasteiger partial charge on any atom is 0.307 e. The van der Waals surface area contributed by atoms with Gasteiger partial charge in [-0.1, -0.05) is 25.0 Å². The van der Waals surface area contributed by atoms with E-state index < -0.39 is 11.9 Å². The van der Waals surface area contributed by atoms with Gasteiger partial charge >= 0.3 is 5.97 Å². The highest BCUT2D eigenvalue weighted by Gasteiger charge is 2.43. The number of aliphatic carboxylic acids is 1. The van der Waals surface area contributed by atoms with Crippen molar-refractivity contribution in [2.75, 3.05) is 13.1 Å². The van der Waals surface area contributed by atoms with Gasteiger partial charge in [-0.15, -0.1) is 0 Å². The molecule has 0 bridgehead atoms. The van der Waals surface area contributed by atoms with E-state index in [9.17, 15) is 14.7 Å². The molecular formula is C15H23NO3. The molecule has 0 saturated heterocycles. The Balaban J connectivity index is 2.06. The molecule has 1 fully saturated rings. The maximum atomic E-state index is 12.5. The van der Waals surface area contributed by atoms with E-state index >= 15 is 0 Å². The SMILES string of the molecule is CCC1C[C@H](C(=O)N2CC=C(C)CC2)[C@H](C(=O)O)C1. The van der Waals surface area contributed by atoms with Gasteiger partial charge in [0.05, 0.1) is 11.8 Å². The summed E-state index contributed by atoms with van der Waals surface area (Å²) >= 11 is 0. The van der Waals surface area contributed by atoms with E-state index in [1.165, 1.54) is 5.57 Å². The van der Waals surface area contributed by atoms with Gasteiger partial charge in [0.2, 0.25) is 5.91 Å². The highest BCUT2D eigenvalue weighted by Crippen LogP contribution is 2.39. The lowest BCUT2D eigenvalue weighted by Crippen LogP contribution is -2.41. The number of rotatable bonds is 3. The Labute approximate surface area is 114 Å². The summed E-state index contributed by atoms with van der Waals surface area (Å²) in [5, 5.41) is 9.30. The van der Waals surface area contributed by atoms with Crippen LogP contribution in [-0.2, 0) is 9.59 Å². The summed E-state index contributed by atoms with van der Waals surface area (Å²) in [5.74, 6) is -1.17. The Morgan fingerprint density at radius 3 is 2.58 bits per heavy atom. The Kier molecular flexibility index (Phi) is 4.27. The highest BCUT2D eigenvalue weighted by atomic mass is 16.4. The molecule has 4 nitrogen and oxygen atoms in total. The van der Waals surface area contributed by atoms with Gasteiger partial charge in [0.1, 0.15) is 0 Å². The first-order valence-corrected chi connectivity index (χ1v) is 7.20. The third-order valence-electron chi connectivity index (χ3n) is 4.62. The zero-order valence-corrected chi connectivity index (χ0v) is 11.8. The summed E-state index contributed by atoms with van der Waals surface area (Å²) in [7, 11) is 0. The van der Waals surface area contributed by atoms with Crippen LogP contribution in [-0.4, -0.2) is 35.0 Å². The number of carboxylic acids is 1. The molecule has 1 N–H and O–H groups in total. The molecule has 1 saturated carbocycles. The van der Waals surface area contributed by atoms with Gasteiger partial charge in [-0.05, 0) is 32.1 Å². The predicted molar refractivity (Wildman–Crippen MR) is 72.6 cm³/mol. The second kappa shape index (κ2) is 5.76. The van der Waals surface area contributed by atoms with Crippen LogP contribution < -0.4 is 0 Å². The molecule has 106 valence electrons. The van der Waals surface area contributed by atoms with E-state index in [0.29, 0.717) is 18.9 Å². The summed E-state index contributed by atoms with van der Waals surface area (Å²) < 4.78 is 0. The van der Waals surface area contributed by atoms with Crippen molar-refractivity contribution in [1.82, 2.24) is 4.90 Å². The molecule has 19 heavy (non-hydrogen) atoms. The molecule has 0 radical (unpaired) electrons. The molecular weight excluding hydrogens is 242 g/mol. The van der Waals surface area contributed by atoms with Gasteiger partial charge in [-0.25, -0.2) is 0 Å². The lowest BCUT2D eigenvalue weighted by atomic mass is 9.94. The van der Waals surface area contributed by atoms with Crippen molar-refractivity contribution in [3.63, 3.8) is 0 Å². The standard InChI is InChI=1S/C15H23NO3/c1-3-11-8-12(13(9-11)15(18)19)14(17)16-6-4-10(2)5-7-16/h4,11-13H,3,5-9H2,1-2H3,(H,18,19)/t11?,12-,13+/m0/s1. The van der Waals surface area contributed by atoms with E-state index in [4.69, 9.17) is 0 Å². The summed E-state index contributed by atoms with van der Waals surface area (Å²) in [6.07, 6.45) is 5.35. The molecule has 0 spiro atoms. The fourth-order valence-electron chi connectivity index (χ4n) is 3.23. The van der Waals surface area contributed by atoms with Gasteiger partial charge in [0.25, 0.3) is 0 Å². The van der Waals surface area contributed by atoms with Crippen LogP contribution in [0.25, 0.3) is 0 Å². The summed E-state index contributed by atoms with van der Waals surface area (Å²) in [6.45, 7) is 5.53. The monoisotopic (exact) mass is 265 g/mol. The molecule has 0 aromatic rings. The number of hydrogen-bond acceptors (Lipinski definition) is 2. The number of amides is 1. The minimum Gasteiger partial charge on any atom is -0.481 e. The van der Waals surface area contributed by atoms with Crippen molar-refractivity contribution in [2.45, 2.75) is 39.5 Å². The van der Waals surface area contributed by atoms with Crippen molar-refractivity contribution in [3.8, 4) is 0 Å². The van der Waals surface area contributed by atoms with Crippen molar-refractivity contribution >= 4 is 11.9 Å². The van der Waals surface area contributed by atoms with Crippen LogP contribution in [0.5, 0.6) is 0 Å². The molecule has 0 aromatic heterocycles. The second-order valence-electron chi connectivity index (χ2n) is 5.88. The van der Waals surface area contributed by atoms with Crippen LogP contribution in [0.15, 0.2) is 11.6 Å². The number of nitrogens with zero attached hydrogens (tertiary/aromatic N) is 1. The molecule has 3 atom stereocenters. The van der Waals surface area contributed by atoms with Crippen LogP contribution >= 0.6 is 0 Å². The van der Waals surface area contributed by atoms with Crippen LogP contribution in [0.3, 0.4) is 0 Å². The smallest absolute Gasteiger partial charge is 0.307 e. The van der Waals surface area contributed by atoms with Gasteiger partial charge in [0.15, 0.2) is 0 Å². The molecule has 2 rings (SSSR count). The van der Waals surface area contributed by atoms with Gasteiger partial charge in [-0.3, -0.25) is 9.59 Å².